The van der Waals surface area contributed by atoms with Gasteiger partial charge in [-0.3, -0.25) is 0 Å². The zero-order valence-electron chi connectivity index (χ0n) is 11.9. The van der Waals surface area contributed by atoms with Crippen molar-refractivity contribution < 1.29 is 0 Å². The molecule has 0 N–H and O–H groups in total. The van der Waals surface area contributed by atoms with Crippen LogP contribution in [0.2, 0.25) is 0 Å². The van der Waals surface area contributed by atoms with E-state index in [1.54, 1.807) is 0 Å². The summed E-state index contributed by atoms with van der Waals surface area (Å²) in [6.45, 7) is 12.2. The first-order chi connectivity index (χ1) is 7.60. The predicted octanol–water partition coefficient (Wildman–Crippen LogP) is 4.99. The Hall–Kier alpha value is 0. The molecule has 16 heavy (non-hydrogen) atoms. The minimum atomic E-state index is 0.988. The molecule has 0 aliphatic heterocycles. The maximum atomic E-state index is 2.52. The molecule has 2 fully saturated rings. The molecule has 94 valence electrons. The SMILES string of the molecule is CCC1CC(C)C1CC(C)C1C(C)C1CC. The van der Waals surface area contributed by atoms with Crippen molar-refractivity contribution in [3.05, 3.63) is 0 Å². The molecule has 0 amide bonds. The molecule has 0 aromatic carbocycles. The minimum absolute atomic E-state index is 0.988. The largest absolute Gasteiger partial charge is 0.0651 e. The van der Waals surface area contributed by atoms with Crippen LogP contribution in [0, 0.1) is 41.4 Å². The second kappa shape index (κ2) is 4.70. The van der Waals surface area contributed by atoms with Crippen molar-refractivity contribution in [1.29, 1.82) is 0 Å². The van der Waals surface area contributed by atoms with E-state index in [1.165, 1.54) is 25.7 Å². The van der Waals surface area contributed by atoms with Crippen molar-refractivity contribution in [1.82, 2.24) is 0 Å². The van der Waals surface area contributed by atoms with Gasteiger partial charge in [-0.05, 0) is 54.3 Å². The quantitative estimate of drug-likeness (QED) is 0.615. The highest BCUT2D eigenvalue weighted by molar-refractivity contribution is 4.98. The summed E-state index contributed by atoms with van der Waals surface area (Å²) in [6.07, 6.45) is 5.85. The van der Waals surface area contributed by atoms with Gasteiger partial charge in [0.2, 0.25) is 0 Å². The van der Waals surface area contributed by atoms with Crippen LogP contribution in [0.5, 0.6) is 0 Å². The van der Waals surface area contributed by atoms with Crippen molar-refractivity contribution in [3.63, 3.8) is 0 Å². The van der Waals surface area contributed by atoms with Crippen molar-refractivity contribution in [2.45, 2.75) is 60.3 Å². The highest BCUT2D eigenvalue weighted by Gasteiger charge is 2.49. The first kappa shape index (κ1) is 12.5. The van der Waals surface area contributed by atoms with Gasteiger partial charge >= 0.3 is 0 Å². The van der Waals surface area contributed by atoms with Gasteiger partial charge in [-0.15, -0.1) is 0 Å². The maximum absolute atomic E-state index is 2.52. The molecule has 0 heterocycles. The summed E-state index contributed by atoms with van der Waals surface area (Å²) in [5.74, 6) is 7.27. The summed E-state index contributed by atoms with van der Waals surface area (Å²) < 4.78 is 0. The molecule has 2 rings (SSSR count). The van der Waals surface area contributed by atoms with Crippen LogP contribution in [-0.2, 0) is 0 Å². The molecule has 0 aromatic heterocycles. The fourth-order valence-electron chi connectivity index (χ4n) is 4.74. The zero-order valence-corrected chi connectivity index (χ0v) is 11.9. The van der Waals surface area contributed by atoms with Crippen LogP contribution in [0.3, 0.4) is 0 Å². The first-order valence-corrected chi connectivity index (χ1v) is 7.60. The standard InChI is InChI=1S/C16H30/c1-6-13-8-10(3)15(13)9-11(4)16-12(5)14(16)7-2/h10-16H,6-9H2,1-5H3. The fraction of sp³-hybridized carbons (Fsp3) is 1.00. The summed E-state index contributed by atoms with van der Waals surface area (Å²) in [5.41, 5.74) is 0. The molecule has 2 aliphatic carbocycles. The topological polar surface area (TPSA) is 0 Å². The highest BCUT2D eigenvalue weighted by atomic mass is 14.5. The van der Waals surface area contributed by atoms with Gasteiger partial charge in [-0.1, -0.05) is 47.5 Å². The van der Waals surface area contributed by atoms with Crippen LogP contribution in [0.4, 0.5) is 0 Å². The summed E-state index contributed by atoms with van der Waals surface area (Å²) in [6, 6.07) is 0. The molecule has 0 heteroatoms. The summed E-state index contributed by atoms with van der Waals surface area (Å²) >= 11 is 0. The second-order valence-corrected chi connectivity index (χ2v) is 6.77. The number of rotatable bonds is 5. The van der Waals surface area contributed by atoms with Crippen LogP contribution >= 0.6 is 0 Å². The first-order valence-electron chi connectivity index (χ1n) is 7.60. The lowest BCUT2D eigenvalue weighted by Gasteiger charge is -2.44. The lowest BCUT2D eigenvalue weighted by molar-refractivity contribution is 0.0557. The third-order valence-electron chi connectivity index (χ3n) is 5.94. The molecule has 0 spiro atoms. The fourth-order valence-corrected chi connectivity index (χ4v) is 4.74. The van der Waals surface area contributed by atoms with E-state index in [4.69, 9.17) is 0 Å². The van der Waals surface area contributed by atoms with Crippen LogP contribution in [0.25, 0.3) is 0 Å². The molecule has 0 saturated heterocycles. The van der Waals surface area contributed by atoms with Crippen LogP contribution in [0.1, 0.15) is 60.3 Å². The van der Waals surface area contributed by atoms with E-state index in [0.717, 1.165) is 41.4 Å². The molecule has 0 bridgehead atoms. The Morgan fingerprint density at radius 1 is 1.06 bits per heavy atom. The van der Waals surface area contributed by atoms with Gasteiger partial charge < -0.3 is 0 Å². The number of hydrogen-bond donors (Lipinski definition) is 0. The summed E-state index contributed by atoms with van der Waals surface area (Å²) in [4.78, 5) is 0. The monoisotopic (exact) mass is 222 g/mol. The van der Waals surface area contributed by atoms with Crippen LogP contribution in [-0.4, -0.2) is 0 Å². The summed E-state index contributed by atoms with van der Waals surface area (Å²) in [7, 11) is 0. The van der Waals surface area contributed by atoms with E-state index in [0.29, 0.717) is 0 Å². The van der Waals surface area contributed by atoms with Crippen LogP contribution < -0.4 is 0 Å². The van der Waals surface area contributed by atoms with Crippen molar-refractivity contribution in [2.75, 3.05) is 0 Å². The zero-order chi connectivity index (χ0) is 11.9. The maximum Gasteiger partial charge on any atom is -0.0329 e. The second-order valence-electron chi connectivity index (χ2n) is 6.77. The van der Waals surface area contributed by atoms with Gasteiger partial charge in [0.1, 0.15) is 0 Å². The molecular formula is C16H30. The lowest BCUT2D eigenvalue weighted by atomic mass is 9.61. The van der Waals surface area contributed by atoms with Gasteiger partial charge in [0, 0.05) is 0 Å². The molecule has 0 nitrogen and oxygen atoms in total. The molecule has 2 saturated carbocycles. The van der Waals surface area contributed by atoms with Crippen molar-refractivity contribution in [3.8, 4) is 0 Å². The minimum Gasteiger partial charge on any atom is -0.0651 e. The molecule has 2 aliphatic rings. The molecular weight excluding hydrogens is 192 g/mol. The van der Waals surface area contributed by atoms with E-state index in [1.807, 2.05) is 0 Å². The van der Waals surface area contributed by atoms with Gasteiger partial charge in [0.05, 0.1) is 0 Å². The number of hydrogen-bond acceptors (Lipinski definition) is 0. The van der Waals surface area contributed by atoms with Gasteiger partial charge in [0.15, 0.2) is 0 Å². The van der Waals surface area contributed by atoms with Gasteiger partial charge in [0.25, 0.3) is 0 Å². The summed E-state index contributed by atoms with van der Waals surface area (Å²) in [5, 5.41) is 0. The predicted molar refractivity (Wildman–Crippen MR) is 71.3 cm³/mol. The van der Waals surface area contributed by atoms with E-state index < -0.39 is 0 Å². The van der Waals surface area contributed by atoms with Crippen molar-refractivity contribution in [2.24, 2.45) is 41.4 Å². The third-order valence-corrected chi connectivity index (χ3v) is 5.94. The average molecular weight is 222 g/mol. The Bertz CT molecular complexity index is 232. The Morgan fingerprint density at radius 2 is 1.75 bits per heavy atom. The Balaban J connectivity index is 1.81. The van der Waals surface area contributed by atoms with E-state index in [-0.39, 0.29) is 0 Å². The average Bonchev–Trinajstić information content (AvgIpc) is 2.93. The van der Waals surface area contributed by atoms with E-state index in [9.17, 15) is 0 Å². The Kier molecular flexibility index (Phi) is 3.66. The highest BCUT2D eigenvalue weighted by Crippen LogP contribution is 2.56. The smallest absolute Gasteiger partial charge is 0.0329 e. The van der Waals surface area contributed by atoms with Crippen molar-refractivity contribution >= 4 is 0 Å². The molecule has 7 unspecified atom stereocenters. The Labute approximate surface area is 102 Å². The molecule has 7 atom stereocenters. The molecule has 0 radical (unpaired) electrons. The third kappa shape index (κ3) is 2.05. The normalized spacial score (nSPS) is 48.6. The Morgan fingerprint density at radius 3 is 2.19 bits per heavy atom. The lowest BCUT2D eigenvalue weighted by Crippen LogP contribution is -2.35. The van der Waals surface area contributed by atoms with Crippen LogP contribution in [0.15, 0.2) is 0 Å². The van der Waals surface area contributed by atoms with Gasteiger partial charge in [-0.25, -0.2) is 0 Å². The molecule has 0 aromatic rings. The van der Waals surface area contributed by atoms with E-state index in [2.05, 4.69) is 34.6 Å². The van der Waals surface area contributed by atoms with Gasteiger partial charge in [-0.2, -0.15) is 0 Å². The van der Waals surface area contributed by atoms with E-state index >= 15 is 0 Å².